The predicted octanol–water partition coefficient (Wildman–Crippen LogP) is 5.96. The van der Waals surface area contributed by atoms with Crippen LogP contribution in [-0.2, 0) is 4.79 Å². The third kappa shape index (κ3) is 5.34. The van der Waals surface area contributed by atoms with Crippen LogP contribution in [0.25, 0.3) is 16.9 Å². The first-order valence-corrected chi connectivity index (χ1v) is 11.4. The molecule has 0 saturated carbocycles. The first-order valence-electron chi connectivity index (χ1n) is 10.6. The number of carbonyl (C=O) groups excluding carboxylic acids is 2. The van der Waals surface area contributed by atoms with Gasteiger partial charge in [0, 0.05) is 24.5 Å². The van der Waals surface area contributed by atoms with Gasteiger partial charge >= 0.3 is 0 Å². The lowest BCUT2D eigenvalue weighted by atomic mass is 10.2. The standard InChI is InChI=1S/C24H25N3O3S.ClH/c1-2-3-13-21-23(28)27(24(29)31-21)15-7-8-16-30-20-12-9-14-26-17-19(25-22(20)26)18-10-5-4-6-11-18;/h4-6,9-14,17H,2-3,7-8,15-16H2,1H3;1H/b21-13+;. The van der Waals surface area contributed by atoms with Gasteiger partial charge in [0.1, 0.15) is 0 Å². The number of benzene rings is 1. The van der Waals surface area contributed by atoms with E-state index in [4.69, 9.17) is 9.72 Å². The summed E-state index contributed by atoms with van der Waals surface area (Å²) in [5.41, 5.74) is 2.72. The maximum Gasteiger partial charge on any atom is 0.293 e. The van der Waals surface area contributed by atoms with Crippen molar-refractivity contribution in [2.75, 3.05) is 13.2 Å². The lowest BCUT2D eigenvalue weighted by Crippen LogP contribution is -2.29. The zero-order valence-corrected chi connectivity index (χ0v) is 19.5. The molecule has 0 N–H and O–H groups in total. The number of nitrogens with zero attached hydrogens (tertiary/aromatic N) is 3. The highest BCUT2D eigenvalue weighted by Crippen LogP contribution is 2.31. The monoisotopic (exact) mass is 471 g/mol. The number of allylic oxidation sites excluding steroid dienone is 1. The molecule has 2 amide bonds. The third-order valence-electron chi connectivity index (χ3n) is 5.04. The molecule has 0 aliphatic carbocycles. The number of carbonyl (C=O) groups is 2. The molecule has 1 aliphatic rings. The molecule has 0 spiro atoms. The summed E-state index contributed by atoms with van der Waals surface area (Å²) in [7, 11) is 0. The van der Waals surface area contributed by atoms with Crippen LogP contribution in [0.5, 0.6) is 5.75 Å². The molecule has 3 heterocycles. The summed E-state index contributed by atoms with van der Waals surface area (Å²) in [5.74, 6) is 0.554. The van der Waals surface area contributed by atoms with Crippen molar-refractivity contribution in [1.82, 2.24) is 14.3 Å². The summed E-state index contributed by atoms with van der Waals surface area (Å²) in [6, 6.07) is 13.9. The van der Waals surface area contributed by atoms with Gasteiger partial charge in [0.15, 0.2) is 11.4 Å². The first-order chi connectivity index (χ1) is 15.2. The number of pyridine rings is 1. The highest BCUT2D eigenvalue weighted by molar-refractivity contribution is 8.18. The Hall–Kier alpha value is -2.77. The number of amides is 2. The topological polar surface area (TPSA) is 63.9 Å². The molecule has 1 saturated heterocycles. The van der Waals surface area contributed by atoms with Gasteiger partial charge in [-0.2, -0.15) is 0 Å². The van der Waals surface area contributed by atoms with Crippen molar-refractivity contribution >= 4 is 41.0 Å². The number of aromatic nitrogens is 2. The number of hydrogen-bond donors (Lipinski definition) is 0. The Morgan fingerprint density at radius 2 is 1.91 bits per heavy atom. The fourth-order valence-corrected chi connectivity index (χ4v) is 4.28. The number of fused-ring (bicyclic) bond motifs is 1. The molecule has 3 aromatic rings. The van der Waals surface area contributed by atoms with Crippen molar-refractivity contribution in [3.63, 3.8) is 0 Å². The maximum absolute atomic E-state index is 12.3. The van der Waals surface area contributed by atoms with E-state index in [0.717, 1.165) is 53.7 Å². The molecule has 8 heteroatoms. The van der Waals surface area contributed by atoms with Crippen molar-refractivity contribution in [2.45, 2.75) is 32.6 Å². The van der Waals surface area contributed by atoms with E-state index in [2.05, 4.69) is 0 Å². The van der Waals surface area contributed by atoms with Crippen molar-refractivity contribution in [3.05, 3.63) is 65.8 Å². The number of hydrogen-bond acceptors (Lipinski definition) is 5. The predicted molar refractivity (Wildman–Crippen MR) is 130 cm³/mol. The summed E-state index contributed by atoms with van der Waals surface area (Å²) in [4.78, 5) is 31.1. The zero-order valence-electron chi connectivity index (χ0n) is 17.9. The molecule has 4 rings (SSSR count). The maximum atomic E-state index is 12.3. The van der Waals surface area contributed by atoms with Gasteiger partial charge in [-0.25, -0.2) is 4.98 Å². The van der Waals surface area contributed by atoms with Crippen LogP contribution in [0.4, 0.5) is 4.79 Å². The molecule has 32 heavy (non-hydrogen) atoms. The van der Waals surface area contributed by atoms with E-state index < -0.39 is 0 Å². The molecular weight excluding hydrogens is 446 g/mol. The smallest absolute Gasteiger partial charge is 0.293 e. The molecule has 0 bridgehead atoms. The summed E-state index contributed by atoms with van der Waals surface area (Å²) < 4.78 is 7.93. The minimum Gasteiger partial charge on any atom is -0.490 e. The number of halogens is 1. The molecule has 6 nitrogen and oxygen atoms in total. The second-order valence-electron chi connectivity index (χ2n) is 7.33. The van der Waals surface area contributed by atoms with Crippen LogP contribution in [-0.4, -0.2) is 38.6 Å². The van der Waals surface area contributed by atoms with Crippen molar-refractivity contribution in [3.8, 4) is 17.0 Å². The Bertz CT molecular complexity index is 1110. The summed E-state index contributed by atoms with van der Waals surface area (Å²) in [6.45, 7) is 2.96. The van der Waals surface area contributed by atoms with Gasteiger partial charge in [-0.3, -0.25) is 14.5 Å². The average Bonchev–Trinajstić information content (AvgIpc) is 3.34. The van der Waals surface area contributed by atoms with Gasteiger partial charge < -0.3 is 9.14 Å². The Labute approximate surface area is 198 Å². The van der Waals surface area contributed by atoms with Gasteiger partial charge in [-0.15, -0.1) is 12.4 Å². The zero-order chi connectivity index (χ0) is 21.6. The van der Waals surface area contributed by atoms with Gasteiger partial charge in [0.2, 0.25) is 0 Å². The molecule has 1 aliphatic heterocycles. The number of thioether (sulfide) groups is 1. The van der Waals surface area contributed by atoms with Crippen LogP contribution < -0.4 is 4.74 Å². The first kappa shape index (κ1) is 23.9. The van der Waals surface area contributed by atoms with Crippen LogP contribution in [0.3, 0.4) is 0 Å². The Balaban J connectivity index is 0.00000289. The van der Waals surface area contributed by atoms with E-state index in [0.29, 0.717) is 24.5 Å². The molecule has 0 unspecified atom stereocenters. The molecular formula is C24H26ClN3O3S. The molecule has 1 aromatic carbocycles. The van der Waals surface area contributed by atoms with Crippen LogP contribution in [0.2, 0.25) is 0 Å². The molecule has 0 radical (unpaired) electrons. The largest absolute Gasteiger partial charge is 0.490 e. The van der Waals surface area contributed by atoms with E-state index in [1.54, 1.807) is 0 Å². The van der Waals surface area contributed by atoms with E-state index >= 15 is 0 Å². The Morgan fingerprint density at radius 1 is 1.09 bits per heavy atom. The van der Waals surface area contributed by atoms with Crippen molar-refractivity contribution < 1.29 is 14.3 Å². The normalized spacial score (nSPS) is 14.9. The van der Waals surface area contributed by atoms with Crippen molar-refractivity contribution in [2.24, 2.45) is 0 Å². The Kier molecular flexibility index (Phi) is 8.36. The van der Waals surface area contributed by atoms with Gasteiger partial charge in [-0.1, -0.05) is 49.8 Å². The van der Waals surface area contributed by atoms with Crippen LogP contribution >= 0.6 is 24.2 Å². The minimum absolute atomic E-state index is 0. The molecule has 0 atom stereocenters. The highest BCUT2D eigenvalue weighted by Gasteiger charge is 2.34. The number of imide groups is 1. The third-order valence-corrected chi connectivity index (χ3v) is 6.00. The molecule has 1 fully saturated rings. The lowest BCUT2D eigenvalue weighted by molar-refractivity contribution is -0.122. The second kappa shape index (κ2) is 11.2. The Morgan fingerprint density at radius 3 is 2.69 bits per heavy atom. The van der Waals surface area contributed by atoms with Gasteiger partial charge in [0.25, 0.3) is 11.1 Å². The number of imidazole rings is 1. The fraction of sp³-hybridized carbons (Fsp3) is 0.292. The van der Waals surface area contributed by atoms with Crippen LogP contribution in [0.1, 0.15) is 32.6 Å². The highest BCUT2D eigenvalue weighted by atomic mass is 35.5. The van der Waals surface area contributed by atoms with Gasteiger partial charge in [0.05, 0.1) is 17.2 Å². The van der Waals surface area contributed by atoms with Crippen molar-refractivity contribution in [1.29, 1.82) is 0 Å². The average molecular weight is 472 g/mol. The number of rotatable bonds is 9. The fourth-order valence-electron chi connectivity index (χ4n) is 3.41. The summed E-state index contributed by atoms with van der Waals surface area (Å²) in [6.07, 6.45) is 9.02. The number of unbranched alkanes of at least 4 members (excludes halogenated alkanes) is 2. The SMILES string of the molecule is CCC/C=C1/SC(=O)N(CCCCOc2cccn3cc(-c4ccccc4)nc23)C1=O.Cl. The minimum atomic E-state index is -0.177. The number of ether oxygens (including phenoxy) is 1. The van der Waals surface area contributed by atoms with E-state index in [1.807, 2.05) is 72.3 Å². The van der Waals surface area contributed by atoms with Gasteiger partial charge in [-0.05, 0) is 43.2 Å². The lowest BCUT2D eigenvalue weighted by Gasteiger charge is -2.12. The second-order valence-corrected chi connectivity index (χ2v) is 8.33. The van der Waals surface area contributed by atoms with Crippen LogP contribution in [0, 0.1) is 0 Å². The quantitative estimate of drug-likeness (QED) is 0.284. The molecule has 2 aromatic heterocycles. The van der Waals surface area contributed by atoms with E-state index in [1.165, 1.54) is 4.90 Å². The van der Waals surface area contributed by atoms with E-state index in [9.17, 15) is 9.59 Å². The van der Waals surface area contributed by atoms with E-state index in [-0.39, 0.29) is 23.6 Å². The summed E-state index contributed by atoms with van der Waals surface area (Å²) >= 11 is 1.04. The summed E-state index contributed by atoms with van der Waals surface area (Å²) in [5, 5.41) is -0.177. The molecule has 168 valence electrons. The van der Waals surface area contributed by atoms with Crippen LogP contribution in [0.15, 0.2) is 65.8 Å².